The van der Waals surface area contributed by atoms with Crippen LogP contribution in [0.2, 0.25) is 0 Å². The van der Waals surface area contributed by atoms with E-state index in [1.807, 2.05) is 23.8 Å². The van der Waals surface area contributed by atoms with E-state index < -0.39 is 0 Å². The Morgan fingerprint density at radius 1 is 1.45 bits per heavy atom. The number of hydrogen-bond donors (Lipinski definition) is 1. The Bertz CT molecular complexity index is 541. The summed E-state index contributed by atoms with van der Waals surface area (Å²) in [4.78, 5) is 4.29. The number of imidazole rings is 1. The Morgan fingerprint density at radius 2 is 2.30 bits per heavy atom. The molecule has 0 aliphatic heterocycles. The predicted molar refractivity (Wildman–Crippen MR) is 77.3 cm³/mol. The zero-order chi connectivity index (χ0) is 14.4. The van der Waals surface area contributed by atoms with Crippen molar-refractivity contribution in [3.05, 3.63) is 48.0 Å². The fourth-order valence-corrected chi connectivity index (χ4v) is 2.08. The van der Waals surface area contributed by atoms with Gasteiger partial charge < -0.3 is 14.6 Å². The quantitative estimate of drug-likeness (QED) is 0.845. The Morgan fingerprint density at radius 3 is 3.05 bits per heavy atom. The highest BCUT2D eigenvalue weighted by molar-refractivity contribution is 5.27. The average molecular weight is 277 g/mol. The van der Waals surface area contributed by atoms with Gasteiger partial charge in [0.1, 0.15) is 5.82 Å². The molecule has 5 heteroatoms. The van der Waals surface area contributed by atoms with Crippen molar-refractivity contribution in [2.75, 3.05) is 19.0 Å². The zero-order valence-corrected chi connectivity index (χ0v) is 11.8. The Hall–Kier alpha value is -1.88. The molecular weight excluding hydrogens is 257 g/mol. The third-order valence-electron chi connectivity index (χ3n) is 3.04. The van der Waals surface area contributed by atoms with E-state index in [-0.39, 0.29) is 11.9 Å². The van der Waals surface area contributed by atoms with Crippen molar-refractivity contribution in [3.63, 3.8) is 0 Å². The van der Waals surface area contributed by atoms with Crippen molar-refractivity contribution < 1.29 is 9.13 Å². The zero-order valence-electron chi connectivity index (χ0n) is 11.8. The summed E-state index contributed by atoms with van der Waals surface area (Å²) in [6, 6.07) is 6.88. The van der Waals surface area contributed by atoms with Gasteiger partial charge in [0.15, 0.2) is 0 Å². The van der Waals surface area contributed by atoms with Crippen LogP contribution < -0.4 is 5.32 Å². The van der Waals surface area contributed by atoms with E-state index in [1.54, 1.807) is 25.4 Å². The molecule has 0 fully saturated rings. The van der Waals surface area contributed by atoms with Gasteiger partial charge in [-0.05, 0) is 31.0 Å². The molecule has 0 aliphatic carbocycles. The van der Waals surface area contributed by atoms with E-state index in [1.165, 1.54) is 6.07 Å². The molecule has 108 valence electrons. The second kappa shape index (κ2) is 7.05. The second-order valence-electron chi connectivity index (χ2n) is 4.82. The number of benzene rings is 1. The molecule has 2 rings (SSSR count). The molecule has 0 spiro atoms. The highest BCUT2D eigenvalue weighted by atomic mass is 19.1. The van der Waals surface area contributed by atoms with Crippen LogP contribution >= 0.6 is 0 Å². The second-order valence-corrected chi connectivity index (χ2v) is 4.82. The molecule has 1 unspecified atom stereocenters. The van der Waals surface area contributed by atoms with Gasteiger partial charge in [-0.2, -0.15) is 0 Å². The third-order valence-corrected chi connectivity index (χ3v) is 3.04. The smallest absolute Gasteiger partial charge is 0.203 e. The van der Waals surface area contributed by atoms with Gasteiger partial charge in [-0.1, -0.05) is 12.1 Å². The lowest BCUT2D eigenvalue weighted by Crippen LogP contribution is -2.23. The SMILES string of the molecule is COCC(C)Nc1nccn1CCc1cccc(F)c1. The summed E-state index contributed by atoms with van der Waals surface area (Å²) in [5.74, 6) is 0.617. The number of aromatic nitrogens is 2. The van der Waals surface area contributed by atoms with E-state index in [4.69, 9.17) is 4.74 Å². The van der Waals surface area contributed by atoms with Crippen molar-refractivity contribution in [1.82, 2.24) is 9.55 Å². The first-order valence-corrected chi connectivity index (χ1v) is 6.70. The van der Waals surface area contributed by atoms with Crippen LogP contribution in [0.4, 0.5) is 10.3 Å². The largest absolute Gasteiger partial charge is 0.383 e. The maximum Gasteiger partial charge on any atom is 0.203 e. The van der Waals surface area contributed by atoms with Crippen LogP contribution in [0.15, 0.2) is 36.7 Å². The van der Waals surface area contributed by atoms with Gasteiger partial charge in [-0.25, -0.2) is 9.37 Å². The summed E-state index contributed by atoms with van der Waals surface area (Å²) < 4.78 is 20.2. The monoisotopic (exact) mass is 277 g/mol. The van der Waals surface area contributed by atoms with E-state index >= 15 is 0 Å². The van der Waals surface area contributed by atoms with E-state index in [2.05, 4.69) is 10.3 Å². The van der Waals surface area contributed by atoms with Crippen LogP contribution in [0.5, 0.6) is 0 Å². The van der Waals surface area contributed by atoms with Gasteiger partial charge in [0.25, 0.3) is 0 Å². The molecule has 4 nitrogen and oxygen atoms in total. The highest BCUT2D eigenvalue weighted by Gasteiger charge is 2.07. The topological polar surface area (TPSA) is 39.1 Å². The lowest BCUT2D eigenvalue weighted by molar-refractivity contribution is 0.190. The van der Waals surface area contributed by atoms with Crippen LogP contribution in [0.25, 0.3) is 0 Å². The summed E-state index contributed by atoms with van der Waals surface area (Å²) in [7, 11) is 1.68. The summed E-state index contributed by atoms with van der Waals surface area (Å²) in [6.45, 7) is 3.41. The number of hydrogen-bond acceptors (Lipinski definition) is 3. The summed E-state index contributed by atoms with van der Waals surface area (Å²) in [5, 5.41) is 3.29. The van der Waals surface area contributed by atoms with E-state index in [0.29, 0.717) is 6.61 Å². The number of anilines is 1. The lowest BCUT2D eigenvalue weighted by Gasteiger charge is -2.15. The molecule has 0 saturated carbocycles. The normalized spacial score (nSPS) is 12.3. The number of methoxy groups -OCH3 is 1. The molecule has 0 radical (unpaired) electrons. The van der Waals surface area contributed by atoms with Gasteiger partial charge in [-0.3, -0.25) is 0 Å². The Labute approximate surface area is 118 Å². The average Bonchev–Trinajstić information content (AvgIpc) is 2.84. The van der Waals surface area contributed by atoms with E-state index in [0.717, 1.165) is 24.5 Å². The number of rotatable bonds is 7. The number of ether oxygens (including phenoxy) is 1. The minimum Gasteiger partial charge on any atom is -0.383 e. The molecule has 1 atom stereocenters. The lowest BCUT2D eigenvalue weighted by atomic mass is 10.1. The third kappa shape index (κ3) is 4.06. The van der Waals surface area contributed by atoms with Gasteiger partial charge >= 0.3 is 0 Å². The maximum absolute atomic E-state index is 13.1. The first-order valence-electron chi connectivity index (χ1n) is 6.70. The van der Waals surface area contributed by atoms with Crippen molar-refractivity contribution in [1.29, 1.82) is 0 Å². The Balaban J connectivity index is 1.95. The molecule has 20 heavy (non-hydrogen) atoms. The Kier molecular flexibility index (Phi) is 5.12. The van der Waals surface area contributed by atoms with Crippen molar-refractivity contribution in [2.24, 2.45) is 0 Å². The number of nitrogens with one attached hydrogen (secondary N) is 1. The molecule has 0 bridgehead atoms. The molecule has 0 aliphatic rings. The number of aryl methyl sites for hydroxylation is 2. The van der Waals surface area contributed by atoms with Gasteiger partial charge in [0.05, 0.1) is 6.61 Å². The summed E-state index contributed by atoms with van der Waals surface area (Å²) in [5.41, 5.74) is 0.981. The van der Waals surface area contributed by atoms with Crippen LogP contribution in [0.1, 0.15) is 12.5 Å². The van der Waals surface area contributed by atoms with Crippen LogP contribution in [-0.2, 0) is 17.7 Å². The number of halogens is 1. The van der Waals surface area contributed by atoms with Gasteiger partial charge in [0, 0.05) is 32.1 Å². The fourth-order valence-electron chi connectivity index (χ4n) is 2.08. The number of nitrogens with zero attached hydrogens (tertiary/aromatic N) is 2. The van der Waals surface area contributed by atoms with E-state index in [9.17, 15) is 4.39 Å². The molecule has 1 aromatic carbocycles. The van der Waals surface area contributed by atoms with Crippen molar-refractivity contribution in [2.45, 2.75) is 25.9 Å². The van der Waals surface area contributed by atoms with Crippen molar-refractivity contribution in [3.8, 4) is 0 Å². The highest BCUT2D eigenvalue weighted by Crippen LogP contribution is 2.10. The standard InChI is InChI=1S/C15H20FN3O/c1-12(11-20-2)18-15-17-7-9-19(15)8-6-13-4-3-5-14(16)10-13/h3-5,7,9-10,12H,6,8,11H2,1-2H3,(H,17,18). The van der Waals surface area contributed by atoms with Crippen molar-refractivity contribution >= 4 is 5.95 Å². The summed E-state index contributed by atoms with van der Waals surface area (Å²) >= 11 is 0. The minimum absolute atomic E-state index is 0.190. The first kappa shape index (κ1) is 14.5. The van der Waals surface area contributed by atoms with Gasteiger partial charge in [0.2, 0.25) is 5.95 Å². The fraction of sp³-hybridized carbons (Fsp3) is 0.400. The van der Waals surface area contributed by atoms with Crippen LogP contribution in [-0.4, -0.2) is 29.3 Å². The molecular formula is C15H20FN3O. The van der Waals surface area contributed by atoms with Crippen LogP contribution in [0, 0.1) is 5.82 Å². The first-order chi connectivity index (χ1) is 9.69. The maximum atomic E-state index is 13.1. The molecule has 1 heterocycles. The molecule has 0 saturated heterocycles. The molecule has 2 aromatic rings. The molecule has 1 N–H and O–H groups in total. The summed E-state index contributed by atoms with van der Waals surface area (Å²) in [6.07, 6.45) is 4.44. The van der Waals surface area contributed by atoms with Crippen LogP contribution in [0.3, 0.4) is 0 Å². The molecule has 1 aromatic heterocycles. The predicted octanol–water partition coefficient (Wildman–Crippen LogP) is 2.71. The van der Waals surface area contributed by atoms with Gasteiger partial charge in [-0.15, -0.1) is 0 Å². The minimum atomic E-state index is -0.194. The molecule has 0 amide bonds.